The maximum Gasteiger partial charge on any atom is 0.322 e. The first-order valence-electron chi connectivity index (χ1n) is 43.4. The second-order valence-electron chi connectivity index (χ2n) is 34.3. The number of carboxylic acid groups (broad SMARTS) is 2. The van der Waals surface area contributed by atoms with E-state index >= 15 is 0 Å². The van der Waals surface area contributed by atoms with Gasteiger partial charge in [-0.25, -0.2) is 4.98 Å². The van der Waals surface area contributed by atoms with Crippen LogP contribution in [0.2, 0.25) is 0 Å². The van der Waals surface area contributed by atoms with Gasteiger partial charge in [-0.15, -0.1) is 0 Å². The van der Waals surface area contributed by atoms with Gasteiger partial charge in [0.15, 0.2) is 0 Å². The third kappa shape index (κ3) is 32.5. The first-order chi connectivity index (χ1) is 60.6. The number of para-hydroxylation sites is 1. The Kier molecular flexibility index (Phi) is 42.0. The van der Waals surface area contributed by atoms with E-state index in [9.17, 15) is 106 Å². The van der Waals surface area contributed by atoms with Gasteiger partial charge < -0.3 is 127 Å². The highest BCUT2D eigenvalue weighted by Crippen LogP contribution is 2.25. The zero-order chi connectivity index (χ0) is 96.7. The first-order valence-corrected chi connectivity index (χ1v) is 43.4. The van der Waals surface area contributed by atoms with E-state index in [0.29, 0.717) is 35.7 Å². The van der Waals surface area contributed by atoms with Crippen molar-refractivity contribution in [1.82, 2.24) is 99.2 Å². The van der Waals surface area contributed by atoms with Crippen molar-refractivity contribution < 1.29 is 111 Å². The van der Waals surface area contributed by atoms with Crippen molar-refractivity contribution in [3.8, 4) is 0 Å². The molecule has 1 aromatic carbocycles. The third-order valence-corrected chi connectivity index (χ3v) is 22.4. The van der Waals surface area contributed by atoms with Crippen LogP contribution in [-0.2, 0) is 109 Å². The molecule has 2 aromatic heterocycles. The fourth-order valence-electron chi connectivity index (χ4n) is 14.7. The second-order valence-corrected chi connectivity index (χ2v) is 34.3. The number of carbonyl (C=O) groups is 20. The number of aromatic amines is 2. The number of nitrogens with zero attached hydrogens (tertiary/aromatic N) is 3. The molecule has 129 heavy (non-hydrogen) atoms. The number of aliphatic carboxylic acids is 2. The third-order valence-electron chi connectivity index (χ3n) is 22.4. The smallest absolute Gasteiger partial charge is 0.322 e. The molecule has 18 atom stereocenters. The van der Waals surface area contributed by atoms with Crippen molar-refractivity contribution in [2.24, 2.45) is 52.7 Å². The lowest BCUT2D eigenvalue weighted by molar-refractivity contribution is -0.145. The Labute approximate surface area is 746 Å². The molecule has 3 aromatic rings. The largest absolute Gasteiger partial charge is 0.481 e. The van der Waals surface area contributed by atoms with E-state index in [0.717, 1.165) is 11.8 Å². The molecule has 0 aliphatic carbocycles. The molecule has 0 radical (unpaired) electrons. The zero-order valence-corrected chi connectivity index (χ0v) is 75.3. The summed E-state index contributed by atoms with van der Waals surface area (Å²) in [5.41, 5.74) is 18.3. The van der Waals surface area contributed by atoms with E-state index in [2.05, 4.69) is 89.4 Å². The van der Waals surface area contributed by atoms with Gasteiger partial charge in [0.1, 0.15) is 91.1 Å². The summed E-state index contributed by atoms with van der Waals surface area (Å²) in [6.07, 6.45) is 0.296. The van der Waals surface area contributed by atoms with Gasteiger partial charge in [0.2, 0.25) is 106 Å². The summed E-state index contributed by atoms with van der Waals surface area (Å²) in [4.78, 5) is 286. The minimum absolute atomic E-state index is 0.0502. The van der Waals surface area contributed by atoms with E-state index in [1.807, 2.05) is 0 Å². The van der Waals surface area contributed by atoms with Crippen LogP contribution >= 0.6 is 0 Å². The minimum Gasteiger partial charge on any atom is -0.481 e. The Morgan fingerprint density at radius 3 is 1.44 bits per heavy atom. The van der Waals surface area contributed by atoms with Gasteiger partial charge in [-0.1, -0.05) is 114 Å². The number of benzene rings is 1. The predicted octanol–water partition coefficient (Wildman–Crippen LogP) is -4.76. The molecule has 5 rings (SSSR count). The molecule has 2 saturated heterocycles. The van der Waals surface area contributed by atoms with Gasteiger partial charge in [0.25, 0.3) is 0 Å². The number of nitrogens with two attached hydrogens (primary N) is 3. The van der Waals surface area contributed by atoms with Gasteiger partial charge in [-0.05, 0) is 99.5 Å². The van der Waals surface area contributed by atoms with E-state index in [1.54, 1.807) is 99.7 Å². The average molecular weight is 1820 g/mol. The number of imidazole rings is 1. The highest BCUT2D eigenvalue weighted by molar-refractivity contribution is 6.02. The standard InChI is InChI=1S/C84H130N22O23/c1-15-43(11)67(103-82(127)68(44(12)16-2)102-71(116)50(85)32-59(86)108)81(126)97-54(30-47-34-89-51-22-18-17-21-49(47)51)74(119)99-64(40(5)6)79(124)98-56(33-60(87)109)76(121)104-69(46(14)107)84(129)106-28-20-24-58(106)78(123)95-52(25-26-62(111)112)73(118)96-55(31-48-35-88-38-92-48)75(120)100-65(41(7)8)80(125)101-66(42(9)10)83(128)105-27-19-23-57(105)77(122)93-45(13)70(115)90-36-61(110)94-53(29-39(3)4)72(117)91-37-63(113)114/h17-18,21-22,34-35,38-46,50,52-58,64-69,89,107H,15-16,19-20,23-33,36-37,85H2,1-14H3,(H2,86,108)(H2,87,109)(H,88,92)(H,90,115)(H,91,117)(H,93,122)(H,94,110)(H,95,123)(H,96,118)(H,97,126)(H,98,124)(H,99,119)(H,100,120)(H,101,125)(H,102,116)(H,103,127)(H,104,121)(H,111,112)(H,113,114)/t43-,44-,45-,46+,50-,52-,53-,54-,55-,56-,57-,58-,64-,65-,66-,67-,68-,69-/m0/s1. The van der Waals surface area contributed by atoms with Crippen LogP contribution in [0.4, 0.5) is 0 Å². The molecule has 2 aliphatic heterocycles. The normalized spacial score (nSPS) is 17.5. The Morgan fingerprint density at radius 1 is 0.473 bits per heavy atom. The fraction of sp³-hybridized carbons (Fsp3) is 0.631. The van der Waals surface area contributed by atoms with Crippen molar-refractivity contribution in [3.63, 3.8) is 0 Å². The van der Waals surface area contributed by atoms with Crippen molar-refractivity contribution in [1.29, 1.82) is 0 Å². The predicted molar refractivity (Wildman–Crippen MR) is 463 cm³/mol. The molecule has 714 valence electrons. The number of likely N-dealkylation sites (tertiary alicyclic amines) is 2. The number of amides is 18. The van der Waals surface area contributed by atoms with Crippen LogP contribution in [0.25, 0.3) is 10.9 Å². The Hall–Kier alpha value is -12.7. The van der Waals surface area contributed by atoms with Gasteiger partial charge in [-0.3, -0.25) is 95.9 Å². The van der Waals surface area contributed by atoms with Crippen LogP contribution in [0.15, 0.2) is 43.0 Å². The Balaban J connectivity index is 1.31. The summed E-state index contributed by atoms with van der Waals surface area (Å²) in [5, 5.41) is 66.3. The molecular weight excluding hydrogens is 1690 g/mol. The van der Waals surface area contributed by atoms with Crippen molar-refractivity contribution in [3.05, 3.63) is 54.2 Å². The molecule has 0 saturated carbocycles. The van der Waals surface area contributed by atoms with Crippen molar-refractivity contribution >= 4 is 129 Å². The molecule has 0 spiro atoms. The van der Waals surface area contributed by atoms with Crippen molar-refractivity contribution in [2.75, 3.05) is 26.2 Å². The Bertz CT molecular complexity index is 4480. The van der Waals surface area contributed by atoms with Crippen LogP contribution in [-0.4, -0.2) is 281 Å². The minimum atomic E-state index is -1.95. The fourth-order valence-corrected chi connectivity index (χ4v) is 14.7. The van der Waals surface area contributed by atoms with Gasteiger partial charge in [0.05, 0.1) is 37.9 Å². The van der Waals surface area contributed by atoms with Gasteiger partial charge in [-0.2, -0.15) is 0 Å². The zero-order valence-electron chi connectivity index (χ0n) is 75.3. The molecule has 25 N–H and O–H groups in total. The van der Waals surface area contributed by atoms with Crippen LogP contribution in [0, 0.1) is 35.5 Å². The lowest BCUT2D eigenvalue weighted by Gasteiger charge is -2.33. The second kappa shape index (κ2) is 50.7. The summed E-state index contributed by atoms with van der Waals surface area (Å²) < 4.78 is 0. The van der Waals surface area contributed by atoms with E-state index < -0.39 is 283 Å². The number of hydrogen-bond acceptors (Lipinski definition) is 23. The quantitative estimate of drug-likeness (QED) is 0.0252. The number of aromatic nitrogens is 3. The van der Waals surface area contributed by atoms with Crippen LogP contribution in [0.1, 0.15) is 179 Å². The molecule has 45 nitrogen and oxygen atoms in total. The number of rotatable bonds is 52. The molecule has 0 unspecified atom stereocenters. The van der Waals surface area contributed by atoms with E-state index in [-0.39, 0.29) is 63.2 Å². The van der Waals surface area contributed by atoms with Gasteiger partial charge in [0, 0.05) is 61.3 Å². The molecule has 4 heterocycles. The van der Waals surface area contributed by atoms with Crippen LogP contribution in [0.5, 0.6) is 0 Å². The number of hydrogen-bond donors (Lipinski definition) is 22. The topological polar surface area (TPSA) is 700 Å². The van der Waals surface area contributed by atoms with E-state index in [1.165, 1.54) is 38.2 Å². The highest BCUT2D eigenvalue weighted by atomic mass is 16.4. The first kappa shape index (κ1) is 107. The van der Waals surface area contributed by atoms with Crippen LogP contribution < -0.4 is 91.6 Å². The maximum atomic E-state index is 14.9. The average Bonchev–Trinajstić information content (AvgIpc) is 1.77. The number of aliphatic hydroxyl groups excluding tert-OH is 1. The number of H-pyrrole nitrogens is 2. The van der Waals surface area contributed by atoms with Gasteiger partial charge >= 0.3 is 11.9 Å². The number of fused-ring (bicyclic) bond motifs is 1. The number of carboxylic acids is 2. The van der Waals surface area contributed by atoms with Crippen LogP contribution in [0.3, 0.4) is 0 Å². The molecule has 2 aliphatic rings. The summed E-state index contributed by atoms with van der Waals surface area (Å²) in [6, 6.07) is -15.2. The SMILES string of the molecule is CC[C@H](C)[C@H](NC(=O)[C@@H](NC(=O)[C@@H](N)CC(N)=O)[C@@H](C)CC)C(=O)N[C@@H](Cc1c[nH]c2ccccc12)C(=O)N[C@H](C(=O)N[C@@H](CC(N)=O)C(=O)N[C@H](C(=O)N1CCC[C@H]1C(=O)N[C@@H](CCC(=O)O)C(=O)N[C@@H](Cc1cnc[nH]1)C(=O)N[C@H](C(=O)N[C@H](C(=O)N1CCC[C@H]1C(=O)N[C@@H](C)C(=O)NCC(=O)N[C@@H](CC(C)C)C(=O)NCC(=O)O)C(C)C)C(C)C)[C@@H](C)O)C(C)C. The summed E-state index contributed by atoms with van der Waals surface area (Å²) in [6.45, 7) is 20.8. The summed E-state index contributed by atoms with van der Waals surface area (Å²) in [5.74, 6) is -22.9. The van der Waals surface area contributed by atoms with Crippen molar-refractivity contribution in [2.45, 2.75) is 277 Å². The number of carbonyl (C=O) groups excluding carboxylic acids is 18. The maximum absolute atomic E-state index is 14.9. The molecule has 18 amide bonds. The Morgan fingerprint density at radius 2 is 0.930 bits per heavy atom. The number of nitrogens with one attached hydrogen (secondary N) is 16. The molecule has 0 bridgehead atoms. The lowest BCUT2D eigenvalue weighted by atomic mass is 9.94. The molecule has 2 fully saturated rings. The monoisotopic (exact) mass is 1810 g/mol. The summed E-state index contributed by atoms with van der Waals surface area (Å²) >= 11 is 0. The summed E-state index contributed by atoms with van der Waals surface area (Å²) in [7, 11) is 0. The highest BCUT2D eigenvalue weighted by Gasteiger charge is 2.46. The molecular formula is C84H130N22O23. The lowest BCUT2D eigenvalue weighted by Crippen LogP contribution is -2.63. The number of primary amides is 2. The molecule has 45 heteroatoms. The number of aliphatic hydroxyl groups is 1. The van der Waals surface area contributed by atoms with E-state index in [4.69, 9.17) is 22.3 Å².